The lowest BCUT2D eigenvalue weighted by atomic mass is 10.0. The van der Waals surface area contributed by atoms with Crippen LogP contribution in [0.4, 0.5) is 10.2 Å². The van der Waals surface area contributed by atoms with E-state index in [1.165, 1.54) is 17.7 Å². The van der Waals surface area contributed by atoms with Gasteiger partial charge in [0.05, 0.1) is 16.8 Å². The van der Waals surface area contributed by atoms with Gasteiger partial charge in [0.25, 0.3) is 0 Å². The highest BCUT2D eigenvalue weighted by Crippen LogP contribution is 2.44. The van der Waals surface area contributed by atoms with Crippen molar-refractivity contribution in [2.24, 2.45) is 5.73 Å². The van der Waals surface area contributed by atoms with Crippen LogP contribution in [0.15, 0.2) is 24.5 Å². The molecule has 9 heteroatoms. The molecule has 160 valence electrons. The molecule has 1 amide bonds. The number of thioether (sulfide) groups is 1. The summed E-state index contributed by atoms with van der Waals surface area (Å²) < 4.78 is 13.7. The van der Waals surface area contributed by atoms with Crippen LogP contribution >= 0.6 is 23.4 Å². The van der Waals surface area contributed by atoms with Crippen molar-refractivity contribution in [1.82, 2.24) is 14.9 Å². The largest absolute Gasteiger partial charge is 0.350 e. The van der Waals surface area contributed by atoms with Gasteiger partial charge in [0.1, 0.15) is 18.0 Å². The molecular formula is C21H25ClFN5OS. The summed E-state index contributed by atoms with van der Waals surface area (Å²) in [7, 11) is 0. The molecule has 0 bridgehead atoms. The number of anilines is 1. The lowest BCUT2D eigenvalue weighted by Crippen LogP contribution is -2.57. The highest BCUT2D eigenvalue weighted by molar-refractivity contribution is 7.99. The zero-order valence-corrected chi connectivity index (χ0v) is 18.6. The van der Waals surface area contributed by atoms with Gasteiger partial charge >= 0.3 is 0 Å². The highest BCUT2D eigenvalue weighted by atomic mass is 35.5. The standard InChI is InChI=1S/C21H25ClFN5OS/c1-12-9-27(21(29)17(24)8-14-3-4-15(22)16(23)7-14)5-6-28(12)20-19-13(2)30-10-18(19)25-11-26-20/h3-4,7,11-13,17H,5-6,8-10,24H2,1-2H3. The second-order valence-corrected chi connectivity index (χ2v) is 9.63. The molecule has 1 aromatic carbocycles. The van der Waals surface area contributed by atoms with Gasteiger partial charge in [-0.1, -0.05) is 17.7 Å². The number of carbonyl (C=O) groups is 1. The summed E-state index contributed by atoms with van der Waals surface area (Å²) in [6.07, 6.45) is 1.91. The number of nitrogens with zero attached hydrogens (tertiary/aromatic N) is 4. The van der Waals surface area contributed by atoms with Gasteiger partial charge in [-0.25, -0.2) is 14.4 Å². The number of nitrogens with two attached hydrogens (primary N) is 1. The minimum absolute atomic E-state index is 0.0625. The van der Waals surface area contributed by atoms with Crippen LogP contribution in [0, 0.1) is 5.82 Å². The van der Waals surface area contributed by atoms with E-state index in [0.717, 1.165) is 17.3 Å². The molecule has 1 aromatic heterocycles. The number of fused-ring (bicyclic) bond motifs is 1. The first kappa shape index (κ1) is 21.3. The Balaban J connectivity index is 1.42. The molecule has 2 aliphatic rings. The third kappa shape index (κ3) is 4.13. The molecule has 4 rings (SSSR count). The van der Waals surface area contributed by atoms with E-state index < -0.39 is 11.9 Å². The Morgan fingerprint density at radius 3 is 2.90 bits per heavy atom. The summed E-state index contributed by atoms with van der Waals surface area (Å²) in [4.78, 5) is 26.0. The maximum absolute atomic E-state index is 13.7. The normalized spacial score (nSPS) is 22.2. The Labute approximate surface area is 185 Å². The highest BCUT2D eigenvalue weighted by Gasteiger charge is 2.34. The Morgan fingerprint density at radius 1 is 1.37 bits per heavy atom. The summed E-state index contributed by atoms with van der Waals surface area (Å²) >= 11 is 7.60. The average molecular weight is 450 g/mol. The third-order valence-electron chi connectivity index (χ3n) is 5.79. The van der Waals surface area contributed by atoms with E-state index in [0.29, 0.717) is 30.4 Å². The fourth-order valence-corrected chi connectivity index (χ4v) is 5.35. The molecule has 0 radical (unpaired) electrons. The Kier molecular flexibility index (Phi) is 6.18. The Morgan fingerprint density at radius 2 is 2.17 bits per heavy atom. The van der Waals surface area contributed by atoms with Gasteiger partial charge in [-0.15, -0.1) is 11.8 Å². The molecular weight excluding hydrogens is 425 g/mol. The molecule has 0 aliphatic carbocycles. The number of rotatable bonds is 4. The van der Waals surface area contributed by atoms with Crippen LogP contribution < -0.4 is 10.6 Å². The second-order valence-electron chi connectivity index (χ2n) is 7.90. The number of carbonyl (C=O) groups excluding carboxylic acids is 1. The smallest absolute Gasteiger partial charge is 0.239 e. The average Bonchev–Trinajstić information content (AvgIpc) is 3.11. The van der Waals surface area contributed by atoms with Gasteiger partial charge in [0, 0.05) is 42.2 Å². The van der Waals surface area contributed by atoms with Gasteiger partial charge < -0.3 is 15.5 Å². The van der Waals surface area contributed by atoms with Gasteiger partial charge in [0.15, 0.2) is 0 Å². The van der Waals surface area contributed by atoms with Crippen molar-refractivity contribution in [3.05, 3.63) is 52.2 Å². The quantitative estimate of drug-likeness (QED) is 0.772. The summed E-state index contributed by atoms with van der Waals surface area (Å²) in [5.41, 5.74) is 9.16. The lowest BCUT2D eigenvalue weighted by molar-refractivity contribution is -0.133. The molecule has 3 heterocycles. The monoisotopic (exact) mass is 449 g/mol. The SMILES string of the molecule is CC1SCc2ncnc(N3CCN(C(=O)C(N)Cc4ccc(Cl)c(F)c4)CC3C)c21. The number of hydrogen-bond donors (Lipinski definition) is 1. The number of halogens is 2. The van der Waals surface area contributed by atoms with Crippen molar-refractivity contribution in [3.63, 3.8) is 0 Å². The predicted molar refractivity (Wildman–Crippen MR) is 118 cm³/mol. The van der Waals surface area contributed by atoms with Crippen LogP contribution in [0.25, 0.3) is 0 Å². The van der Waals surface area contributed by atoms with Gasteiger partial charge in [0.2, 0.25) is 5.91 Å². The minimum atomic E-state index is -0.718. The van der Waals surface area contributed by atoms with Crippen molar-refractivity contribution >= 4 is 35.1 Å². The van der Waals surface area contributed by atoms with Crippen LogP contribution in [0.3, 0.4) is 0 Å². The Bertz CT molecular complexity index is 961. The fraction of sp³-hybridized carbons (Fsp3) is 0.476. The number of piperazine rings is 1. The van der Waals surface area contributed by atoms with Crippen molar-refractivity contribution < 1.29 is 9.18 Å². The molecule has 1 fully saturated rings. The van der Waals surface area contributed by atoms with Crippen molar-refractivity contribution in [3.8, 4) is 0 Å². The van der Waals surface area contributed by atoms with E-state index in [1.807, 2.05) is 11.8 Å². The lowest BCUT2D eigenvalue weighted by Gasteiger charge is -2.42. The number of benzene rings is 1. The minimum Gasteiger partial charge on any atom is -0.350 e. The van der Waals surface area contributed by atoms with E-state index in [4.69, 9.17) is 17.3 Å². The first-order valence-electron chi connectivity index (χ1n) is 10.1. The molecule has 0 spiro atoms. The van der Waals surface area contributed by atoms with Crippen molar-refractivity contribution in [1.29, 1.82) is 0 Å². The summed E-state index contributed by atoms with van der Waals surface area (Å²) in [6.45, 7) is 6.12. The molecule has 1 saturated heterocycles. The third-order valence-corrected chi connectivity index (χ3v) is 7.27. The van der Waals surface area contributed by atoms with E-state index in [-0.39, 0.29) is 23.4 Å². The van der Waals surface area contributed by atoms with Crippen LogP contribution in [-0.4, -0.2) is 52.5 Å². The predicted octanol–water partition coefficient (Wildman–Crippen LogP) is 3.18. The molecule has 2 N–H and O–H groups in total. The van der Waals surface area contributed by atoms with Gasteiger partial charge in [-0.05, 0) is 38.0 Å². The van der Waals surface area contributed by atoms with E-state index >= 15 is 0 Å². The molecule has 2 aromatic rings. The molecule has 2 aliphatic heterocycles. The summed E-state index contributed by atoms with van der Waals surface area (Å²) in [6, 6.07) is 3.92. The van der Waals surface area contributed by atoms with E-state index in [2.05, 4.69) is 28.7 Å². The zero-order valence-electron chi connectivity index (χ0n) is 17.0. The summed E-state index contributed by atoms with van der Waals surface area (Å²) in [5.74, 6) is 1.28. The van der Waals surface area contributed by atoms with Gasteiger partial charge in [-0.3, -0.25) is 4.79 Å². The van der Waals surface area contributed by atoms with Gasteiger partial charge in [-0.2, -0.15) is 0 Å². The molecule has 6 nitrogen and oxygen atoms in total. The summed E-state index contributed by atoms with van der Waals surface area (Å²) in [5, 5.41) is 0.434. The fourth-order valence-electron chi connectivity index (χ4n) is 4.18. The van der Waals surface area contributed by atoms with Crippen LogP contribution in [0.1, 0.15) is 35.9 Å². The van der Waals surface area contributed by atoms with Crippen LogP contribution in [0.2, 0.25) is 5.02 Å². The van der Waals surface area contributed by atoms with Crippen molar-refractivity contribution in [2.75, 3.05) is 24.5 Å². The van der Waals surface area contributed by atoms with Crippen molar-refractivity contribution in [2.45, 2.75) is 43.4 Å². The maximum atomic E-state index is 13.7. The van der Waals surface area contributed by atoms with Crippen LogP contribution in [-0.2, 0) is 17.0 Å². The zero-order chi connectivity index (χ0) is 21.4. The first-order chi connectivity index (χ1) is 14.3. The molecule has 3 unspecified atom stereocenters. The molecule has 3 atom stereocenters. The number of hydrogen-bond acceptors (Lipinski definition) is 6. The first-order valence-corrected chi connectivity index (χ1v) is 11.5. The van der Waals surface area contributed by atoms with E-state index in [9.17, 15) is 9.18 Å². The molecule has 0 saturated carbocycles. The van der Waals surface area contributed by atoms with E-state index in [1.54, 1.807) is 17.3 Å². The maximum Gasteiger partial charge on any atom is 0.239 e. The van der Waals surface area contributed by atoms with Crippen LogP contribution in [0.5, 0.6) is 0 Å². The Hall–Kier alpha value is -1.90. The second kappa shape index (κ2) is 8.69. The topological polar surface area (TPSA) is 75.4 Å². The molecule has 30 heavy (non-hydrogen) atoms. The number of amides is 1. The number of aromatic nitrogens is 2.